The summed E-state index contributed by atoms with van der Waals surface area (Å²) in [6.07, 6.45) is 1.56. The molecule has 2 heterocycles. The zero-order valence-electron chi connectivity index (χ0n) is 27.3. The number of carbonyl (C=O) groups excluding carboxylic acids is 1. The number of rotatable bonds is 13. The van der Waals surface area contributed by atoms with Crippen LogP contribution in [0.5, 0.6) is 5.75 Å². The van der Waals surface area contributed by atoms with Gasteiger partial charge in [0.25, 0.3) is 5.91 Å². The minimum atomic E-state index is -1.18. The van der Waals surface area contributed by atoms with Crippen LogP contribution in [0.3, 0.4) is 0 Å². The number of benzene rings is 3. The topological polar surface area (TPSA) is 112 Å². The molecule has 244 valence electrons. The van der Waals surface area contributed by atoms with E-state index in [1.54, 1.807) is 24.3 Å². The van der Waals surface area contributed by atoms with E-state index in [2.05, 4.69) is 30.1 Å². The number of para-hydroxylation sites is 1. The monoisotopic (exact) mass is 643 g/mol. The molecule has 0 saturated heterocycles. The highest BCUT2D eigenvalue weighted by atomic mass is 28.3. The summed E-state index contributed by atoms with van der Waals surface area (Å²) in [4.78, 5) is 15.5. The van der Waals surface area contributed by atoms with E-state index in [0.29, 0.717) is 30.3 Å². The largest absolute Gasteiger partial charge is 0.484 e. The van der Waals surface area contributed by atoms with Gasteiger partial charge < -0.3 is 29.9 Å². The fourth-order valence-electron chi connectivity index (χ4n) is 5.32. The van der Waals surface area contributed by atoms with Crippen LogP contribution < -0.4 is 19.9 Å². The lowest BCUT2D eigenvalue weighted by atomic mass is 10.0. The Bertz CT molecular complexity index is 1600. The van der Waals surface area contributed by atoms with Crippen LogP contribution in [0, 0.1) is 0 Å². The number of nitrogens with zero attached hydrogens (tertiary/aromatic N) is 4. The number of hydrogen-bond acceptors (Lipinski definition) is 8. The lowest BCUT2D eigenvalue weighted by Crippen LogP contribution is -2.54. The third kappa shape index (κ3) is 8.35. The van der Waals surface area contributed by atoms with Gasteiger partial charge in [-0.25, -0.2) is 4.68 Å². The second kappa shape index (κ2) is 14.5. The van der Waals surface area contributed by atoms with E-state index in [4.69, 9.17) is 9.47 Å². The summed E-state index contributed by atoms with van der Waals surface area (Å²) in [6.45, 7) is 12.2. The predicted octanol–water partition coefficient (Wildman–Crippen LogP) is 5.56. The van der Waals surface area contributed by atoms with Crippen molar-refractivity contribution < 1.29 is 24.5 Å². The summed E-state index contributed by atoms with van der Waals surface area (Å²) in [6, 6.07) is 23.9. The van der Waals surface area contributed by atoms with Gasteiger partial charge in [0, 0.05) is 62.0 Å². The number of aliphatic hydroxyl groups is 2. The molecule has 3 N–H and O–H groups in total. The van der Waals surface area contributed by atoms with E-state index in [9.17, 15) is 15.0 Å². The zero-order chi connectivity index (χ0) is 32.8. The van der Waals surface area contributed by atoms with Crippen molar-refractivity contribution in [3.8, 4) is 16.9 Å². The summed E-state index contributed by atoms with van der Waals surface area (Å²) in [5.74, 6) is 0.235. The van der Waals surface area contributed by atoms with Crippen molar-refractivity contribution in [3.63, 3.8) is 0 Å². The summed E-state index contributed by atoms with van der Waals surface area (Å²) in [7, 11) is -1.13. The number of amides is 1. The molecule has 3 aromatic carbocycles. The average Bonchev–Trinajstić information content (AvgIpc) is 3.49. The second-order valence-corrected chi connectivity index (χ2v) is 18.8. The van der Waals surface area contributed by atoms with Crippen molar-refractivity contribution in [1.29, 1.82) is 0 Å². The van der Waals surface area contributed by atoms with Gasteiger partial charge in [0.2, 0.25) is 6.35 Å². The Hall–Kier alpha value is -4.16. The Morgan fingerprint density at radius 2 is 1.76 bits per heavy atom. The minimum absolute atomic E-state index is 0.0109. The van der Waals surface area contributed by atoms with Crippen LogP contribution in [0.2, 0.25) is 25.7 Å². The van der Waals surface area contributed by atoms with Gasteiger partial charge in [-0.2, -0.15) is 5.10 Å². The maximum atomic E-state index is 12.1. The molecule has 0 saturated carbocycles. The van der Waals surface area contributed by atoms with Gasteiger partial charge in [0.15, 0.2) is 12.8 Å². The van der Waals surface area contributed by atoms with Crippen LogP contribution in [0.25, 0.3) is 11.1 Å². The van der Waals surface area contributed by atoms with Gasteiger partial charge >= 0.3 is 0 Å². The SMILES string of the molecule is CC(C)NC(=O)COc1cccc(N2C(O)c3ccccc3N(Cc3ccc(-c4cnn(COCC[Si](C)(C)C)c4)cc3)C2O)c1. The van der Waals surface area contributed by atoms with E-state index < -0.39 is 20.7 Å². The maximum absolute atomic E-state index is 12.1. The molecular formula is C35H45N5O5Si. The fraction of sp³-hybridized carbons (Fsp3) is 0.371. The molecule has 0 radical (unpaired) electrons. The van der Waals surface area contributed by atoms with Crippen molar-refractivity contribution in [2.24, 2.45) is 0 Å². The van der Waals surface area contributed by atoms with Gasteiger partial charge in [-0.15, -0.1) is 0 Å². The zero-order valence-corrected chi connectivity index (χ0v) is 28.3. The van der Waals surface area contributed by atoms with E-state index in [-0.39, 0.29) is 18.6 Å². The number of hydrogen-bond donors (Lipinski definition) is 3. The molecule has 2 unspecified atom stereocenters. The van der Waals surface area contributed by atoms with Gasteiger partial charge in [0.1, 0.15) is 12.5 Å². The minimum Gasteiger partial charge on any atom is -0.484 e. The number of anilines is 2. The smallest absolute Gasteiger partial charge is 0.258 e. The Morgan fingerprint density at radius 1 is 1.00 bits per heavy atom. The first kappa shape index (κ1) is 33.2. The molecule has 4 aromatic rings. The van der Waals surface area contributed by atoms with E-state index >= 15 is 0 Å². The van der Waals surface area contributed by atoms with E-state index in [1.165, 1.54) is 4.90 Å². The molecule has 0 spiro atoms. The summed E-state index contributed by atoms with van der Waals surface area (Å²) in [5, 5.41) is 30.4. The molecule has 0 fully saturated rings. The molecule has 5 rings (SSSR count). The Labute approximate surface area is 272 Å². The van der Waals surface area contributed by atoms with Crippen LogP contribution in [-0.4, -0.2) is 59.6 Å². The maximum Gasteiger partial charge on any atom is 0.258 e. The van der Waals surface area contributed by atoms with E-state index in [0.717, 1.165) is 35.0 Å². The standard InChI is InChI=1S/C35H45N5O5Si/c1-25(2)37-33(41)23-45-30-10-8-9-29(19-30)40-34(42)31-11-6-7-12-32(31)39(35(40)43)21-26-13-15-27(16-14-26)28-20-36-38(22-28)24-44-17-18-46(3,4)5/h6-16,19-20,22,25,34-35,42-43H,17-18,21,23-24H2,1-5H3,(H,37,41). The average molecular weight is 644 g/mol. The highest BCUT2D eigenvalue weighted by molar-refractivity contribution is 6.76. The third-order valence-corrected chi connectivity index (χ3v) is 9.45. The number of ether oxygens (including phenoxy) is 2. The first-order valence-corrected chi connectivity index (χ1v) is 19.4. The highest BCUT2D eigenvalue weighted by Crippen LogP contribution is 2.41. The van der Waals surface area contributed by atoms with Crippen LogP contribution in [-0.2, 0) is 22.8 Å². The number of aliphatic hydroxyl groups excluding tert-OH is 2. The molecule has 1 aliphatic rings. The quantitative estimate of drug-likeness (QED) is 0.128. The third-order valence-electron chi connectivity index (χ3n) is 7.74. The molecule has 0 bridgehead atoms. The molecule has 2 atom stereocenters. The van der Waals surface area contributed by atoms with Gasteiger partial charge in [0.05, 0.1) is 6.20 Å². The first-order chi connectivity index (χ1) is 22.0. The van der Waals surface area contributed by atoms with Crippen molar-refractivity contribution >= 4 is 25.4 Å². The van der Waals surface area contributed by atoms with Crippen molar-refractivity contribution in [3.05, 3.63) is 96.3 Å². The van der Waals surface area contributed by atoms with Gasteiger partial charge in [-0.3, -0.25) is 9.69 Å². The highest BCUT2D eigenvalue weighted by Gasteiger charge is 2.37. The van der Waals surface area contributed by atoms with Crippen molar-refractivity contribution in [2.45, 2.75) is 71.4 Å². The number of fused-ring (bicyclic) bond motifs is 1. The Kier molecular flexibility index (Phi) is 10.5. The molecule has 11 heteroatoms. The Balaban J connectivity index is 1.30. The van der Waals surface area contributed by atoms with Crippen LogP contribution >= 0.6 is 0 Å². The molecule has 1 aliphatic heterocycles. The molecule has 0 aliphatic carbocycles. The van der Waals surface area contributed by atoms with Crippen molar-refractivity contribution in [2.75, 3.05) is 23.0 Å². The predicted molar refractivity (Wildman–Crippen MR) is 183 cm³/mol. The fourth-order valence-corrected chi connectivity index (χ4v) is 6.08. The summed E-state index contributed by atoms with van der Waals surface area (Å²) >= 11 is 0. The van der Waals surface area contributed by atoms with Crippen LogP contribution in [0.15, 0.2) is 85.2 Å². The molecule has 1 aromatic heterocycles. The number of nitrogens with one attached hydrogen (secondary N) is 1. The van der Waals surface area contributed by atoms with Crippen molar-refractivity contribution in [1.82, 2.24) is 15.1 Å². The number of carbonyl (C=O) groups is 1. The lowest BCUT2D eigenvalue weighted by molar-refractivity contribution is -0.123. The molecule has 1 amide bonds. The van der Waals surface area contributed by atoms with Crippen LogP contribution in [0.4, 0.5) is 11.4 Å². The van der Waals surface area contributed by atoms with Gasteiger partial charge in [-0.1, -0.05) is 68.2 Å². The normalized spacial score (nSPS) is 16.4. The first-order valence-electron chi connectivity index (χ1n) is 15.7. The molecule has 10 nitrogen and oxygen atoms in total. The summed E-state index contributed by atoms with van der Waals surface area (Å²) in [5.41, 5.74) is 5.00. The second-order valence-electron chi connectivity index (χ2n) is 13.1. The molecule has 46 heavy (non-hydrogen) atoms. The number of aromatic nitrogens is 2. The van der Waals surface area contributed by atoms with E-state index in [1.807, 2.05) is 84.4 Å². The molecular weight excluding hydrogens is 599 g/mol. The Morgan fingerprint density at radius 3 is 2.50 bits per heavy atom. The lowest BCUT2D eigenvalue weighted by Gasteiger charge is -2.46. The van der Waals surface area contributed by atoms with Crippen LogP contribution in [0.1, 0.15) is 31.2 Å². The summed E-state index contributed by atoms with van der Waals surface area (Å²) < 4.78 is 13.4. The van der Waals surface area contributed by atoms with Gasteiger partial charge in [-0.05, 0) is 49.2 Å².